The predicted octanol–water partition coefficient (Wildman–Crippen LogP) is -0.554. The van der Waals surface area contributed by atoms with Gasteiger partial charge in [0, 0.05) is 19.6 Å². The molecule has 0 aromatic carbocycles. The highest BCUT2D eigenvalue weighted by molar-refractivity contribution is 6.35. The summed E-state index contributed by atoms with van der Waals surface area (Å²) in [4.78, 5) is 26.2. The summed E-state index contributed by atoms with van der Waals surface area (Å²) in [5.41, 5.74) is 0. The SMILES string of the molecule is CCN1CCN(C(C)C(C)O)C(=O)C1=O. The second kappa shape index (κ2) is 4.61. The molecule has 1 rings (SSSR count). The average Bonchev–Trinajstić information content (AvgIpc) is 2.21. The first-order valence-electron chi connectivity index (χ1n) is 5.27. The van der Waals surface area contributed by atoms with E-state index in [4.69, 9.17) is 0 Å². The smallest absolute Gasteiger partial charge is 0.312 e. The third-order valence-corrected chi connectivity index (χ3v) is 2.91. The van der Waals surface area contributed by atoms with Gasteiger partial charge < -0.3 is 14.9 Å². The van der Waals surface area contributed by atoms with E-state index in [2.05, 4.69) is 0 Å². The van der Waals surface area contributed by atoms with Crippen LogP contribution in [-0.4, -0.2) is 58.5 Å². The Morgan fingerprint density at radius 1 is 1.27 bits per heavy atom. The molecule has 0 bridgehead atoms. The van der Waals surface area contributed by atoms with E-state index in [9.17, 15) is 14.7 Å². The van der Waals surface area contributed by atoms with E-state index in [-0.39, 0.29) is 6.04 Å². The van der Waals surface area contributed by atoms with E-state index >= 15 is 0 Å². The maximum absolute atomic E-state index is 11.7. The molecule has 1 fully saturated rings. The molecule has 2 amide bonds. The molecular weight excluding hydrogens is 196 g/mol. The lowest BCUT2D eigenvalue weighted by molar-refractivity contribution is -0.158. The average molecular weight is 214 g/mol. The van der Waals surface area contributed by atoms with Crippen molar-refractivity contribution in [3.63, 3.8) is 0 Å². The molecular formula is C10H18N2O3. The van der Waals surface area contributed by atoms with Crippen molar-refractivity contribution in [2.45, 2.75) is 32.9 Å². The van der Waals surface area contributed by atoms with Crippen LogP contribution in [0.2, 0.25) is 0 Å². The first kappa shape index (κ1) is 12.0. The van der Waals surface area contributed by atoms with E-state index in [1.807, 2.05) is 6.92 Å². The summed E-state index contributed by atoms with van der Waals surface area (Å²) in [6.45, 7) is 6.83. The minimum absolute atomic E-state index is 0.305. The monoisotopic (exact) mass is 214 g/mol. The molecule has 5 heteroatoms. The standard InChI is InChI=1S/C10H18N2O3/c1-4-11-5-6-12(7(2)8(3)13)10(15)9(11)14/h7-8,13H,4-6H2,1-3H3. The fourth-order valence-electron chi connectivity index (χ4n) is 1.64. The number of aliphatic hydroxyl groups excluding tert-OH is 1. The topological polar surface area (TPSA) is 60.9 Å². The highest BCUT2D eigenvalue weighted by atomic mass is 16.3. The maximum Gasteiger partial charge on any atom is 0.312 e. The predicted molar refractivity (Wildman–Crippen MR) is 55.1 cm³/mol. The second-order valence-corrected chi connectivity index (χ2v) is 3.86. The Morgan fingerprint density at radius 2 is 1.87 bits per heavy atom. The molecule has 86 valence electrons. The van der Waals surface area contributed by atoms with E-state index in [0.717, 1.165) is 0 Å². The number of amides is 2. The maximum atomic E-state index is 11.7. The van der Waals surface area contributed by atoms with Crippen LogP contribution in [0.3, 0.4) is 0 Å². The molecule has 0 spiro atoms. The number of piperazine rings is 1. The van der Waals surface area contributed by atoms with Crippen LogP contribution in [0.25, 0.3) is 0 Å². The van der Waals surface area contributed by atoms with Gasteiger partial charge in [-0.25, -0.2) is 0 Å². The third kappa shape index (κ3) is 2.28. The number of carbonyl (C=O) groups excluding carboxylic acids is 2. The number of hydrogen-bond acceptors (Lipinski definition) is 3. The van der Waals surface area contributed by atoms with Gasteiger partial charge in [0.15, 0.2) is 0 Å². The molecule has 5 nitrogen and oxygen atoms in total. The summed E-state index contributed by atoms with van der Waals surface area (Å²) >= 11 is 0. The molecule has 0 saturated carbocycles. The molecule has 0 aromatic rings. The lowest BCUT2D eigenvalue weighted by Crippen LogP contribution is -2.58. The number of rotatable bonds is 3. The van der Waals surface area contributed by atoms with E-state index in [0.29, 0.717) is 19.6 Å². The van der Waals surface area contributed by atoms with Gasteiger partial charge in [-0.3, -0.25) is 9.59 Å². The Balaban J connectivity index is 2.73. The van der Waals surface area contributed by atoms with Crippen molar-refractivity contribution in [1.29, 1.82) is 0 Å². The van der Waals surface area contributed by atoms with Crippen LogP contribution in [-0.2, 0) is 9.59 Å². The van der Waals surface area contributed by atoms with Crippen LogP contribution in [0, 0.1) is 0 Å². The van der Waals surface area contributed by atoms with E-state index < -0.39 is 17.9 Å². The van der Waals surface area contributed by atoms with E-state index in [1.54, 1.807) is 13.8 Å². The molecule has 2 unspecified atom stereocenters. The largest absolute Gasteiger partial charge is 0.391 e. The molecule has 1 heterocycles. The zero-order valence-corrected chi connectivity index (χ0v) is 9.43. The number of likely N-dealkylation sites (N-methyl/N-ethyl adjacent to an activating group) is 1. The van der Waals surface area contributed by atoms with Gasteiger partial charge in [0.2, 0.25) is 0 Å². The Labute approximate surface area is 89.7 Å². The summed E-state index contributed by atoms with van der Waals surface area (Å²) in [6, 6.07) is -0.305. The van der Waals surface area contributed by atoms with Gasteiger partial charge in [0.05, 0.1) is 12.1 Å². The third-order valence-electron chi connectivity index (χ3n) is 2.91. The van der Waals surface area contributed by atoms with E-state index in [1.165, 1.54) is 9.80 Å². The molecule has 1 saturated heterocycles. The number of nitrogens with zero attached hydrogens (tertiary/aromatic N) is 2. The lowest BCUT2D eigenvalue weighted by Gasteiger charge is -2.37. The molecule has 2 atom stereocenters. The van der Waals surface area contributed by atoms with Crippen molar-refractivity contribution in [3.8, 4) is 0 Å². The molecule has 0 aliphatic carbocycles. The minimum atomic E-state index is -0.616. The highest BCUT2D eigenvalue weighted by Gasteiger charge is 2.35. The van der Waals surface area contributed by atoms with Crippen LogP contribution < -0.4 is 0 Å². The Kier molecular flexibility index (Phi) is 3.68. The minimum Gasteiger partial charge on any atom is -0.391 e. The van der Waals surface area contributed by atoms with Crippen molar-refractivity contribution >= 4 is 11.8 Å². The Morgan fingerprint density at radius 3 is 2.33 bits per heavy atom. The van der Waals surface area contributed by atoms with Gasteiger partial charge in [-0.1, -0.05) is 0 Å². The highest BCUT2D eigenvalue weighted by Crippen LogP contribution is 2.11. The van der Waals surface area contributed by atoms with Gasteiger partial charge in [-0.05, 0) is 20.8 Å². The molecule has 15 heavy (non-hydrogen) atoms. The van der Waals surface area contributed by atoms with Gasteiger partial charge in [0.1, 0.15) is 0 Å². The summed E-state index contributed by atoms with van der Waals surface area (Å²) in [5.74, 6) is -0.965. The zero-order chi connectivity index (χ0) is 11.6. The molecule has 1 N–H and O–H groups in total. The van der Waals surface area contributed by atoms with Crippen molar-refractivity contribution in [3.05, 3.63) is 0 Å². The first-order valence-corrected chi connectivity index (χ1v) is 5.27. The quantitative estimate of drug-likeness (QED) is 0.641. The first-order chi connectivity index (χ1) is 6.99. The Hall–Kier alpha value is -1.10. The second-order valence-electron chi connectivity index (χ2n) is 3.86. The van der Waals surface area contributed by atoms with Crippen LogP contribution in [0.1, 0.15) is 20.8 Å². The fourth-order valence-corrected chi connectivity index (χ4v) is 1.64. The van der Waals surface area contributed by atoms with Crippen LogP contribution in [0.4, 0.5) is 0 Å². The number of aliphatic hydroxyl groups is 1. The normalized spacial score (nSPS) is 21.9. The van der Waals surface area contributed by atoms with Crippen LogP contribution in [0.5, 0.6) is 0 Å². The lowest BCUT2D eigenvalue weighted by atomic mass is 10.1. The van der Waals surface area contributed by atoms with Crippen LogP contribution >= 0.6 is 0 Å². The summed E-state index contributed by atoms with van der Waals surface area (Å²) in [6.07, 6.45) is -0.616. The van der Waals surface area contributed by atoms with Crippen molar-refractivity contribution in [1.82, 2.24) is 9.80 Å². The summed E-state index contributed by atoms with van der Waals surface area (Å²) < 4.78 is 0. The molecule has 1 aliphatic heterocycles. The molecule has 0 aromatic heterocycles. The van der Waals surface area contributed by atoms with Crippen molar-refractivity contribution in [2.75, 3.05) is 19.6 Å². The molecule has 1 aliphatic rings. The van der Waals surface area contributed by atoms with Crippen molar-refractivity contribution < 1.29 is 14.7 Å². The van der Waals surface area contributed by atoms with Gasteiger partial charge in [0.25, 0.3) is 0 Å². The zero-order valence-electron chi connectivity index (χ0n) is 9.43. The summed E-state index contributed by atoms with van der Waals surface area (Å²) in [7, 11) is 0. The Bertz CT molecular complexity index is 265. The number of carbonyl (C=O) groups is 2. The van der Waals surface area contributed by atoms with Gasteiger partial charge in [-0.15, -0.1) is 0 Å². The van der Waals surface area contributed by atoms with Gasteiger partial charge in [-0.2, -0.15) is 0 Å². The molecule has 0 radical (unpaired) electrons. The number of hydrogen-bond donors (Lipinski definition) is 1. The van der Waals surface area contributed by atoms with Crippen LogP contribution in [0.15, 0.2) is 0 Å². The fraction of sp³-hybridized carbons (Fsp3) is 0.800. The summed E-state index contributed by atoms with van der Waals surface area (Å²) in [5, 5.41) is 9.38. The van der Waals surface area contributed by atoms with Crippen molar-refractivity contribution in [2.24, 2.45) is 0 Å². The van der Waals surface area contributed by atoms with Gasteiger partial charge >= 0.3 is 11.8 Å².